The standard InChI is InChI=1S/C35H47N7O8/c36-25(19-23-12-14-24(43)15-13-23)31(45)41-27(10-5-17-38-32(46)26-9-4-16-37-26)33(47)39-21-30(44)40-28(20-22-7-2-1-3-8-22)34(48)42-18-6-11-29(42)35(49)50/h1-3,7-8,12-15,25-29,37,43H,4-6,9-11,16-21,36H2,(H,38,46)(H,39,47)(H,40,44)(H,41,45)(H,49,50)/t25-,26-,27+,28-,29-/m0/s1. The average Bonchev–Trinajstić information content (AvgIpc) is 3.83. The molecule has 2 aromatic rings. The molecule has 15 heteroatoms. The van der Waals surface area contributed by atoms with Crippen LogP contribution in [-0.4, -0.2) is 107 Å². The van der Waals surface area contributed by atoms with E-state index in [1.54, 1.807) is 36.4 Å². The Morgan fingerprint density at radius 3 is 2.26 bits per heavy atom. The Labute approximate surface area is 290 Å². The lowest BCUT2D eigenvalue weighted by Gasteiger charge is -2.27. The van der Waals surface area contributed by atoms with Crippen LogP contribution in [0.3, 0.4) is 0 Å². The first kappa shape index (κ1) is 37.8. The molecular formula is C35H47N7O8. The van der Waals surface area contributed by atoms with Crippen molar-refractivity contribution in [2.75, 3.05) is 26.2 Å². The summed E-state index contributed by atoms with van der Waals surface area (Å²) in [5, 5.41) is 33.0. The van der Waals surface area contributed by atoms with E-state index in [9.17, 15) is 39.0 Å². The minimum Gasteiger partial charge on any atom is -0.508 e. The third-order valence-corrected chi connectivity index (χ3v) is 8.87. The van der Waals surface area contributed by atoms with E-state index in [0.29, 0.717) is 24.8 Å². The zero-order valence-corrected chi connectivity index (χ0v) is 27.9. The number of phenols is 1. The molecule has 2 saturated heterocycles. The predicted octanol–water partition coefficient (Wildman–Crippen LogP) is -0.685. The molecule has 5 atom stereocenters. The van der Waals surface area contributed by atoms with Gasteiger partial charge in [0, 0.05) is 19.5 Å². The molecule has 50 heavy (non-hydrogen) atoms. The highest BCUT2D eigenvalue weighted by molar-refractivity contribution is 5.94. The molecule has 0 saturated carbocycles. The number of phenolic OH excluding ortho intramolecular Hbond substituents is 1. The van der Waals surface area contributed by atoms with E-state index in [1.807, 2.05) is 6.07 Å². The maximum Gasteiger partial charge on any atom is 0.326 e. The van der Waals surface area contributed by atoms with Gasteiger partial charge in [-0.25, -0.2) is 4.79 Å². The second-order valence-corrected chi connectivity index (χ2v) is 12.7. The van der Waals surface area contributed by atoms with Crippen molar-refractivity contribution in [2.24, 2.45) is 5.73 Å². The highest BCUT2D eigenvalue weighted by Crippen LogP contribution is 2.20. The van der Waals surface area contributed by atoms with Gasteiger partial charge in [0.25, 0.3) is 0 Å². The minimum atomic E-state index is -1.11. The Kier molecular flexibility index (Phi) is 14.1. The van der Waals surface area contributed by atoms with Crippen molar-refractivity contribution in [2.45, 2.75) is 81.6 Å². The minimum absolute atomic E-state index is 0.0691. The maximum atomic E-state index is 13.5. The van der Waals surface area contributed by atoms with Crippen LogP contribution in [0.15, 0.2) is 54.6 Å². The van der Waals surface area contributed by atoms with E-state index in [2.05, 4.69) is 26.6 Å². The molecule has 270 valence electrons. The van der Waals surface area contributed by atoms with E-state index < -0.39 is 60.3 Å². The summed E-state index contributed by atoms with van der Waals surface area (Å²) in [6.45, 7) is 0.762. The van der Waals surface area contributed by atoms with Crippen molar-refractivity contribution in [3.63, 3.8) is 0 Å². The second-order valence-electron chi connectivity index (χ2n) is 12.7. The Morgan fingerprint density at radius 2 is 1.58 bits per heavy atom. The number of amides is 5. The van der Waals surface area contributed by atoms with Crippen LogP contribution in [0, 0.1) is 0 Å². The molecule has 0 unspecified atom stereocenters. The molecule has 4 rings (SSSR count). The van der Waals surface area contributed by atoms with Gasteiger partial charge < -0.3 is 47.4 Å². The van der Waals surface area contributed by atoms with Crippen molar-refractivity contribution < 1.29 is 39.0 Å². The normalized spacial score (nSPS) is 18.8. The number of carboxylic acid groups (broad SMARTS) is 1. The number of nitrogens with one attached hydrogen (secondary N) is 5. The van der Waals surface area contributed by atoms with Crippen LogP contribution in [-0.2, 0) is 41.6 Å². The smallest absolute Gasteiger partial charge is 0.326 e. The molecule has 5 amide bonds. The summed E-state index contributed by atoms with van der Waals surface area (Å²) < 4.78 is 0. The summed E-state index contributed by atoms with van der Waals surface area (Å²) >= 11 is 0. The number of rotatable bonds is 17. The van der Waals surface area contributed by atoms with E-state index in [1.165, 1.54) is 17.0 Å². The topological polar surface area (TPSA) is 232 Å². The quantitative estimate of drug-likeness (QED) is 0.0973. The van der Waals surface area contributed by atoms with E-state index >= 15 is 0 Å². The molecule has 15 nitrogen and oxygen atoms in total. The number of carbonyl (C=O) groups is 6. The summed E-state index contributed by atoms with van der Waals surface area (Å²) in [5.41, 5.74) is 7.60. The largest absolute Gasteiger partial charge is 0.508 e. The lowest BCUT2D eigenvalue weighted by atomic mass is 10.0. The number of hydrogen-bond donors (Lipinski definition) is 8. The van der Waals surface area contributed by atoms with E-state index in [4.69, 9.17) is 5.73 Å². The first-order valence-corrected chi connectivity index (χ1v) is 17.0. The van der Waals surface area contributed by atoms with Crippen LogP contribution in [0.2, 0.25) is 0 Å². The highest BCUT2D eigenvalue weighted by atomic mass is 16.4. The number of nitrogens with zero attached hydrogens (tertiary/aromatic N) is 1. The van der Waals surface area contributed by atoms with Gasteiger partial charge in [0.2, 0.25) is 29.5 Å². The lowest BCUT2D eigenvalue weighted by molar-refractivity contribution is -0.149. The number of aromatic hydroxyl groups is 1. The van der Waals surface area contributed by atoms with Crippen molar-refractivity contribution in [3.8, 4) is 5.75 Å². The Morgan fingerprint density at radius 1 is 0.860 bits per heavy atom. The van der Waals surface area contributed by atoms with Gasteiger partial charge >= 0.3 is 5.97 Å². The summed E-state index contributed by atoms with van der Waals surface area (Å²) in [6, 6.07) is 10.8. The third-order valence-electron chi connectivity index (χ3n) is 8.87. The molecule has 0 aromatic heterocycles. The summed E-state index contributed by atoms with van der Waals surface area (Å²) in [4.78, 5) is 78.5. The van der Waals surface area contributed by atoms with Crippen molar-refractivity contribution in [3.05, 3.63) is 65.7 Å². The lowest BCUT2D eigenvalue weighted by Crippen LogP contribution is -2.55. The third kappa shape index (κ3) is 11.3. The molecule has 0 spiro atoms. The molecule has 0 radical (unpaired) electrons. The molecule has 2 aromatic carbocycles. The van der Waals surface area contributed by atoms with Gasteiger partial charge in [-0.2, -0.15) is 0 Å². The van der Waals surface area contributed by atoms with Gasteiger partial charge in [-0.15, -0.1) is 0 Å². The fourth-order valence-corrected chi connectivity index (χ4v) is 6.15. The number of nitrogens with two attached hydrogens (primary N) is 1. The zero-order valence-electron chi connectivity index (χ0n) is 27.9. The number of benzene rings is 2. The molecule has 9 N–H and O–H groups in total. The summed E-state index contributed by atoms with van der Waals surface area (Å²) in [5.74, 6) is -3.65. The molecule has 0 aliphatic carbocycles. The van der Waals surface area contributed by atoms with Gasteiger partial charge in [0.1, 0.15) is 23.9 Å². The van der Waals surface area contributed by atoms with Crippen molar-refractivity contribution in [1.29, 1.82) is 0 Å². The highest BCUT2D eigenvalue weighted by Gasteiger charge is 2.38. The number of hydrogen-bond acceptors (Lipinski definition) is 9. The van der Waals surface area contributed by atoms with Crippen LogP contribution >= 0.6 is 0 Å². The van der Waals surface area contributed by atoms with Crippen LogP contribution in [0.1, 0.15) is 49.7 Å². The number of likely N-dealkylation sites (tertiary alicyclic amines) is 1. The molecule has 0 bridgehead atoms. The Hall–Kier alpha value is -5.02. The number of aliphatic carboxylic acids is 1. The van der Waals surface area contributed by atoms with Crippen LogP contribution in [0.25, 0.3) is 0 Å². The van der Waals surface area contributed by atoms with Crippen LogP contribution in [0.4, 0.5) is 0 Å². The SMILES string of the molecule is N[C@@H](Cc1ccc(O)cc1)C(=O)N[C@H](CCCNC(=O)[C@@H]1CCCN1)C(=O)NCC(=O)N[C@@H](Cc1ccccc1)C(=O)N1CCC[C@H]1C(=O)O. The Balaban J connectivity index is 1.37. The van der Waals surface area contributed by atoms with Gasteiger partial charge in [-0.3, -0.25) is 24.0 Å². The molecule has 2 heterocycles. The van der Waals surface area contributed by atoms with Gasteiger partial charge in [0.05, 0.1) is 18.6 Å². The van der Waals surface area contributed by atoms with Crippen LogP contribution in [0.5, 0.6) is 5.75 Å². The fourth-order valence-electron chi connectivity index (χ4n) is 6.15. The average molecular weight is 694 g/mol. The molecular weight excluding hydrogens is 646 g/mol. The van der Waals surface area contributed by atoms with Crippen molar-refractivity contribution >= 4 is 35.5 Å². The van der Waals surface area contributed by atoms with Gasteiger partial charge in [0.15, 0.2) is 0 Å². The second kappa shape index (κ2) is 18.7. The van der Waals surface area contributed by atoms with Gasteiger partial charge in [-0.1, -0.05) is 42.5 Å². The monoisotopic (exact) mass is 693 g/mol. The number of carboxylic acids is 1. The first-order chi connectivity index (χ1) is 24.0. The molecule has 2 fully saturated rings. The van der Waals surface area contributed by atoms with Gasteiger partial charge in [-0.05, 0) is 74.8 Å². The Bertz CT molecular complexity index is 1480. The summed E-state index contributed by atoms with van der Waals surface area (Å²) in [6.07, 6.45) is 3.21. The zero-order chi connectivity index (χ0) is 36.0. The fraction of sp³-hybridized carbons (Fsp3) is 0.486. The first-order valence-electron chi connectivity index (χ1n) is 17.0. The predicted molar refractivity (Wildman–Crippen MR) is 182 cm³/mol. The van der Waals surface area contributed by atoms with E-state index in [-0.39, 0.29) is 50.1 Å². The summed E-state index contributed by atoms with van der Waals surface area (Å²) in [7, 11) is 0. The van der Waals surface area contributed by atoms with Crippen molar-refractivity contribution in [1.82, 2.24) is 31.5 Å². The number of carbonyl (C=O) groups excluding carboxylic acids is 5. The maximum absolute atomic E-state index is 13.5. The van der Waals surface area contributed by atoms with Crippen LogP contribution < -0.4 is 32.3 Å². The van der Waals surface area contributed by atoms with E-state index in [0.717, 1.165) is 24.9 Å². The molecule has 2 aliphatic rings. The molecule has 2 aliphatic heterocycles.